The average Bonchev–Trinajstić information content (AvgIpc) is 3.07. The molecule has 6 nitrogen and oxygen atoms in total. The summed E-state index contributed by atoms with van der Waals surface area (Å²) in [5.74, 6) is -0.199. The first-order chi connectivity index (χ1) is 13.5. The van der Waals surface area contributed by atoms with Gasteiger partial charge in [0, 0.05) is 35.6 Å². The second kappa shape index (κ2) is 7.64. The summed E-state index contributed by atoms with van der Waals surface area (Å²) >= 11 is 6.20. The van der Waals surface area contributed by atoms with Crippen molar-refractivity contribution in [3.05, 3.63) is 86.6 Å². The Labute approximate surface area is 167 Å². The molecule has 0 saturated carbocycles. The molecule has 4 rings (SSSR count). The lowest BCUT2D eigenvalue weighted by Gasteiger charge is -2.24. The summed E-state index contributed by atoms with van der Waals surface area (Å²) in [5, 5.41) is 8.00. The molecule has 0 aliphatic heterocycles. The third kappa shape index (κ3) is 3.60. The maximum atomic E-state index is 12.8. The van der Waals surface area contributed by atoms with Crippen LogP contribution in [-0.2, 0) is 20.0 Å². The van der Waals surface area contributed by atoms with Crippen molar-refractivity contribution in [3.8, 4) is 0 Å². The van der Waals surface area contributed by atoms with Crippen molar-refractivity contribution in [2.45, 2.75) is 31.8 Å². The van der Waals surface area contributed by atoms with E-state index in [1.54, 1.807) is 18.3 Å². The van der Waals surface area contributed by atoms with E-state index in [-0.39, 0.29) is 17.5 Å². The monoisotopic (exact) mass is 396 g/mol. The van der Waals surface area contributed by atoms with Gasteiger partial charge >= 0.3 is 0 Å². The minimum Gasteiger partial charge on any atom is -0.345 e. The van der Waals surface area contributed by atoms with Gasteiger partial charge in [-0.2, -0.15) is 5.10 Å². The van der Waals surface area contributed by atoms with Crippen LogP contribution in [0.1, 0.15) is 46.1 Å². The van der Waals surface area contributed by atoms with Gasteiger partial charge in [0.1, 0.15) is 0 Å². The van der Waals surface area contributed by atoms with E-state index in [2.05, 4.69) is 10.4 Å². The number of amides is 1. The maximum absolute atomic E-state index is 12.8. The minimum absolute atomic E-state index is 0.0612. The number of aromatic nitrogens is 3. The fourth-order valence-electron chi connectivity index (χ4n) is 3.70. The maximum Gasteiger partial charge on any atom is 0.253 e. The quantitative estimate of drug-likeness (QED) is 0.736. The molecule has 1 amide bonds. The second-order valence-corrected chi connectivity index (χ2v) is 7.47. The molecule has 2 heterocycles. The van der Waals surface area contributed by atoms with E-state index >= 15 is 0 Å². The number of fused-ring (bicyclic) bond motifs is 1. The molecule has 0 fully saturated rings. The fourth-order valence-corrected chi connectivity index (χ4v) is 3.89. The SMILES string of the molecule is Cn1ncc2c1CCC[C@H]2NC(=O)c1ccc(=O)n(Cc2ccccc2Cl)c1. The highest BCUT2D eigenvalue weighted by molar-refractivity contribution is 6.31. The number of halogens is 1. The van der Waals surface area contributed by atoms with Crippen LogP contribution in [0.25, 0.3) is 0 Å². The van der Waals surface area contributed by atoms with E-state index < -0.39 is 0 Å². The number of pyridine rings is 1. The zero-order valence-electron chi connectivity index (χ0n) is 15.6. The fraction of sp³-hybridized carbons (Fsp3) is 0.286. The van der Waals surface area contributed by atoms with Crippen LogP contribution in [0, 0.1) is 0 Å². The first-order valence-electron chi connectivity index (χ1n) is 9.28. The number of benzene rings is 1. The third-order valence-electron chi connectivity index (χ3n) is 5.23. The Hall–Kier alpha value is -2.86. The molecule has 0 unspecified atom stereocenters. The molecule has 0 saturated heterocycles. The van der Waals surface area contributed by atoms with Crippen LogP contribution in [0.4, 0.5) is 0 Å². The average molecular weight is 397 g/mol. The number of nitrogens with zero attached hydrogens (tertiary/aromatic N) is 3. The molecule has 7 heteroatoms. The van der Waals surface area contributed by atoms with Gasteiger partial charge in [-0.1, -0.05) is 29.8 Å². The standard InChI is InChI=1S/C21H21ClN4O2/c1-25-19-8-4-7-18(16(19)11-23-25)24-21(28)15-9-10-20(27)26(13-15)12-14-5-2-3-6-17(14)22/h2-3,5-6,9-11,13,18H,4,7-8,12H2,1H3,(H,24,28)/t18-/m1/s1. The molecule has 0 radical (unpaired) electrons. The van der Waals surface area contributed by atoms with Crippen LogP contribution < -0.4 is 10.9 Å². The van der Waals surface area contributed by atoms with Crippen LogP contribution in [0.3, 0.4) is 0 Å². The molecule has 1 aliphatic carbocycles. The molecule has 2 aromatic heterocycles. The first-order valence-corrected chi connectivity index (χ1v) is 9.66. The highest BCUT2D eigenvalue weighted by Crippen LogP contribution is 2.29. The number of carbonyl (C=O) groups is 1. The summed E-state index contributed by atoms with van der Waals surface area (Å²) in [6.07, 6.45) is 6.28. The molecule has 1 aromatic carbocycles. The van der Waals surface area contributed by atoms with Crippen LogP contribution in [0.5, 0.6) is 0 Å². The second-order valence-electron chi connectivity index (χ2n) is 7.06. The summed E-state index contributed by atoms with van der Waals surface area (Å²) in [7, 11) is 1.92. The highest BCUT2D eigenvalue weighted by atomic mass is 35.5. The molecule has 28 heavy (non-hydrogen) atoms. The predicted octanol–water partition coefficient (Wildman–Crippen LogP) is 3.09. The van der Waals surface area contributed by atoms with Gasteiger partial charge in [-0.3, -0.25) is 14.3 Å². The topological polar surface area (TPSA) is 68.9 Å². The summed E-state index contributed by atoms with van der Waals surface area (Å²) in [6, 6.07) is 10.3. The van der Waals surface area contributed by atoms with Crippen molar-refractivity contribution in [2.75, 3.05) is 0 Å². The van der Waals surface area contributed by atoms with Gasteiger partial charge in [0.15, 0.2) is 0 Å². The molecule has 3 aromatic rings. The van der Waals surface area contributed by atoms with Gasteiger partial charge in [0.2, 0.25) is 0 Å². The van der Waals surface area contributed by atoms with Gasteiger partial charge in [-0.05, 0) is 37.0 Å². The lowest BCUT2D eigenvalue weighted by atomic mass is 9.93. The van der Waals surface area contributed by atoms with Gasteiger partial charge in [-0.15, -0.1) is 0 Å². The van der Waals surface area contributed by atoms with E-state index in [9.17, 15) is 9.59 Å². The summed E-state index contributed by atoms with van der Waals surface area (Å²) < 4.78 is 3.38. The van der Waals surface area contributed by atoms with Crippen molar-refractivity contribution in [2.24, 2.45) is 7.05 Å². The molecule has 144 valence electrons. The van der Waals surface area contributed by atoms with E-state index in [1.807, 2.05) is 36.1 Å². The van der Waals surface area contributed by atoms with Crippen molar-refractivity contribution < 1.29 is 4.79 Å². The molecule has 1 aliphatic rings. The molecular formula is C21H21ClN4O2. The highest BCUT2D eigenvalue weighted by Gasteiger charge is 2.25. The van der Waals surface area contributed by atoms with Crippen LogP contribution in [0.15, 0.2) is 53.6 Å². The molecule has 1 atom stereocenters. The van der Waals surface area contributed by atoms with E-state index in [4.69, 9.17) is 11.6 Å². The zero-order chi connectivity index (χ0) is 19.7. The molecule has 1 N–H and O–H groups in total. The summed E-state index contributed by atoms with van der Waals surface area (Å²) in [4.78, 5) is 25.1. The van der Waals surface area contributed by atoms with Gasteiger partial charge in [-0.25, -0.2) is 0 Å². The predicted molar refractivity (Wildman–Crippen MR) is 108 cm³/mol. The first kappa shape index (κ1) is 18.5. The van der Waals surface area contributed by atoms with Gasteiger partial charge < -0.3 is 9.88 Å². The third-order valence-corrected chi connectivity index (χ3v) is 5.59. The minimum atomic E-state index is -0.199. The zero-order valence-corrected chi connectivity index (χ0v) is 16.3. The number of nitrogens with one attached hydrogen (secondary N) is 1. The number of carbonyl (C=O) groups excluding carboxylic acids is 1. The van der Waals surface area contributed by atoms with Crippen molar-refractivity contribution in [3.63, 3.8) is 0 Å². The van der Waals surface area contributed by atoms with Gasteiger partial charge in [0.05, 0.1) is 24.3 Å². The Morgan fingerprint density at radius 3 is 2.93 bits per heavy atom. The summed E-state index contributed by atoms with van der Waals surface area (Å²) in [5.41, 5.74) is 3.34. The molecular weight excluding hydrogens is 376 g/mol. The molecule has 0 spiro atoms. The summed E-state index contributed by atoms with van der Waals surface area (Å²) in [6.45, 7) is 0.315. The van der Waals surface area contributed by atoms with Crippen LogP contribution in [0.2, 0.25) is 5.02 Å². The Balaban J connectivity index is 1.56. The number of rotatable bonds is 4. The lowest BCUT2D eigenvalue weighted by Crippen LogP contribution is -2.32. The van der Waals surface area contributed by atoms with Crippen LogP contribution >= 0.6 is 11.6 Å². The smallest absolute Gasteiger partial charge is 0.253 e. The Morgan fingerprint density at radius 1 is 1.29 bits per heavy atom. The van der Waals surface area contributed by atoms with E-state index in [1.165, 1.54) is 16.3 Å². The number of hydrogen-bond donors (Lipinski definition) is 1. The van der Waals surface area contributed by atoms with Crippen molar-refractivity contribution in [1.82, 2.24) is 19.7 Å². The Kier molecular flexibility index (Phi) is 5.05. The Bertz CT molecular complexity index is 1090. The van der Waals surface area contributed by atoms with E-state index in [0.29, 0.717) is 17.1 Å². The largest absolute Gasteiger partial charge is 0.345 e. The van der Waals surface area contributed by atoms with Crippen molar-refractivity contribution >= 4 is 17.5 Å². The van der Waals surface area contributed by atoms with E-state index in [0.717, 1.165) is 30.4 Å². The number of aryl methyl sites for hydroxylation is 1. The Morgan fingerprint density at radius 2 is 2.11 bits per heavy atom. The van der Waals surface area contributed by atoms with Crippen molar-refractivity contribution in [1.29, 1.82) is 0 Å². The van der Waals surface area contributed by atoms with Crippen LogP contribution in [-0.4, -0.2) is 20.3 Å². The lowest BCUT2D eigenvalue weighted by molar-refractivity contribution is 0.0931. The normalized spacial score (nSPS) is 15.9. The van der Waals surface area contributed by atoms with Gasteiger partial charge in [0.25, 0.3) is 11.5 Å². The molecule has 0 bridgehead atoms. The number of hydrogen-bond acceptors (Lipinski definition) is 3.